The molecule has 1 N–H and O–H groups in total. The standard InChI is InChI=1S/C21H21F6N3O4/c1-11-14-6-12(21(25,26)27)2-3-17(14)33-9-16(11)28-19(31)15-7-18-30(29-15)8-13(34-18)4-5-32-10-20(22,23)24/h2-3,6-7,11,13,16H,4-5,8-10H2,1H3,(H,28,31)/t11?,13?,16-/m0/s1. The molecule has 34 heavy (non-hydrogen) atoms. The van der Waals surface area contributed by atoms with Crippen molar-refractivity contribution in [3.05, 3.63) is 41.1 Å². The largest absolute Gasteiger partial charge is 0.491 e. The van der Waals surface area contributed by atoms with Crippen LogP contribution in [-0.4, -0.2) is 53.8 Å². The van der Waals surface area contributed by atoms with Gasteiger partial charge in [0.05, 0.1) is 24.8 Å². The number of rotatable bonds is 6. The first-order chi connectivity index (χ1) is 15.9. The first-order valence-electron chi connectivity index (χ1n) is 10.4. The fourth-order valence-electron chi connectivity index (χ4n) is 3.85. The number of hydrogen-bond donors (Lipinski definition) is 1. The molecule has 0 aliphatic carbocycles. The van der Waals surface area contributed by atoms with Gasteiger partial charge in [0.15, 0.2) is 5.69 Å². The van der Waals surface area contributed by atoms with Gasteiger partial charge in [0, 0.05) is 18.4 Å². The molecular weight excluding hydrogens is 472 g/mol. The third-order valence-corrected chi connectivity index (χ3v) is 5.66. The number of carbonyl (C=O) groups excluding carboxylic acids is 1. The molecular formula is C21H21F6N3O4. The topological polar surface area (TPSA) is 74.6 Å². The van der Waals surface area contributed by atoms with E-state index in [-0.39, 0.29) is 31.9 Å². The van der Waals surface area contributed by atoms with Gasteiger partial charge in [-0.25, -0.2) is 4.68 Å². The van der Waals surface area contributed by atoms with Crippen molar-refractivity contribution in [3.8, 4) is 11.6 Å². The summed E-state index contributed by atoms with van der Waals surface area (Å²) < 4.78 is 92.7. The van der Waals surface area contributed by atoms with Gasteiger partial charge in [-0.1, -0.05) is 6.92 Å². The van der Waals surface area contributed by atoms with Gasteiger partial charge in [-0.05, 0) is 23.8 Å². The van der Waals surface area contributed by atoms with E-state index in [0.717, 1.165) is 12.1 Å². The lowest BCUT2D eigenvalue weighted by atomic mass is 9.89. The molecule has 0 spiro atoms. The average molecular weight is 493 g/mol. The second kappa shape index (κ2) is 9.01. The Hall–Kier alpha value is -2.96. The Morgan fingerprint density at radius 3 is 2.68 bits per heavy atom. The summed E-state index contributed by atoms with van der Waals surface area (Å²) in [7, 11) is 0. The molecule has 1 amide bonds. The summed E-state index contributed by atoms with van der Waals surface area (Å²) in [6, 6.07) is 4.06. The zero-order valence-electron chi connectivity index (χ0n) is 17.9. The maximum atomic E-state index is 13.1. The van der Waals surface area contributed by atoms with Crippen LogP contribution in [-0.2, 0) is 17.5 Å². The van der Waals surface area contributed by atoms with Gasteiger partial charge in [0.25, 0.3) is 5.91 Å². The normalized spacial score (nSPS) is 21.9. The predicted molar refractivity (Wildman–Crippen MR) is 105 cm³/mol. The summed E-state index contributed by atoms with van der Waals surface area (Å²) in [5.74, 6) is -0.363. The van der Waals surface area contributed by atoms with E-state index in [4.69, 9.17) is 9.47 Å². The number of alkyl halides is 6. The molecule has 0 radical (unpaired) electrons. The molecule has 2 aliphatic rings. The van der Waals surface area contributed by atoms with Crippen molar-refractivity contribution >= 4 is 5.91 Å². The summed E-state index contributed by atoms with van der Waals surface area (Å²) in [6.45, 7) is 0.553. The Labute approximate surface area is 190 Å². The van der Waals surface area contributed by atoms with Crippen LogP contribution in [0.4, 0.5) is 26.3 Å². The molecule has 4 rings (SSSR count). The summed E-state index contributed by atoms with van der Waals surface area (Å²) in [5, 5.41) is 6.90. The minimum absolute atomic E-state index is 0.0452. The van der Waals surface area contributed by atoms with Crippen LogP contribution in [0.3, 0.4) is 0 Å². The minimum atomic E-state index is -4.50. The Morgan fingerprint density at radius 1 is 1.24 bits per heavy atom. The second-order valence-corrected chi connectivity index (χ2v) is 8.18. The molecule has 0 bridgehead atoms. The number of ether oxygens (including phenoxy) is 3. The first-order valence-corrected chi connectivity index (χ1v) is 10.4. The van der Waals surface area contributed by atoms with Crippen LogP contribution in [0.25, 0.3) is 0 Å². The predicted octanol–water partition coefficient (Wildman–Crippen LogP) is 3.93. The Kier molecular flexibility index (Phi) is 6.40. The van der Waals surface area contributed by atoms with Crippen molar-refractivity contribution in [2.75, 3.05) is 19.8 Å². The third kappa shape index (κ3) is 5.40. The van der Waals surface area contributed by atoms with Crippen LogP contribution in [0, 0.1) is 0 Å². The Bertz CT molecular complexity index is 1030. The number of benzene rings is 1. The lowest BCUT2D eigenvalue weighted by molar-refractivity contribution is -0.174. The summed E-state index contributed by atoms with van der Waals surface area (Å²) in [4.78, 5) is 12.7. The SMILES string of the molecule is CC1c2cc(C(F)(F)F)ccc2OC[C@@H]1NC(=O)c1cc2n(n1)CC(CCOCC(F)(F)F)O2. The Morgan fingerprint density at radius 2 is 2.00 bits per heavy atom. The second-order valence-electron chi connectivity index (χ2n) is 8.18. The molecule has 2 unspecified atom stereocenters. The van der Waals surface area contributed by atoms with E-state index in [1.807, 2.05) is 0 Å². The van der Waals surface area contributed by atoms with E-state index in [2.05, 4.69) is 15.2 Å². The monoisotopic (exact) mass is 493 g/mol. The van der Waals surface area contributed by atoms with E-state index < -0.39 is 48.5 Å². The van der Waals surface area contributed by atoms with Crippen molar-refractivity contribution in [2.24, 2.45) is 0 Å². The van der Waals surface area contributed by atoms with Crippen LogP contribution in [0.2, 0.25) is 0 Å². The first kappa shape index (κ1) is 24.2. The fraction of sp³-hybridized carbons (Fsp3) is 0.524. The van der Waals surface area contributed by atoms with Gasteiger partial charge in [0.1, 0.15) is 25.1 Å². The average Bonchev–Trinajstić information content (AvgIpc) is 3.30. The molecule has 2 aromatic rings. The quantitative estimate of drug-likeness (QED) is 0.488. The molecule has 0 saturated heterocycles. The third-order valence-electron chi connectivity index (χ3n) is 5.66. The highest BCUT2D eigenvalue weighted by Gasteiger charge is 2.36. The molecule has 3 heterocycles. The fourth-order valence-corrected chi connectivity index (χ4v) is 3.85. The number of fused-ring (bicyclic) bond motifs is 2. The zero-order chi connectivity index (χ0) is 24.7. The minimum Gasteiger partial charge on any atom is -0.491 e. The van der Waals surface area contributed by atoms with Crippen LogP contribution < -0.4 is 14.8 Å². The van der Waals surface area contributed by atoms with Crippen molar-refractivity contribution in [2.45, 2.75) is 50.3 Å². The molecule has 1 aromatic carbocycles. The van der Waals surface area contributed by atoms with Crippen molar-refractivity contribution < 1.29 is 45.3 Å². The molecule has 2 aliphatic heterocycles. The maximum absolute atomic E-state index is 13.1. The van der Waals surface area contributed by atoms with Gasteiger partial charge in [0.2, 0.25) is 5.88 Å². The summed E-state index contributed by atoms with van der Waals surface area (Å²) in [6.07, 6.45) is -9.10. The number of amides is 1. The number of aromatic nitrogens is 2. The van der Waals surface area contributed by atoms with Gasteiger partial charge < -0.3 is 19.5 Å². The van der Waals surface area contributed by atoms with Crippen LogP contribution >= 0.6 is 0 Å². The number of halogens is 6. The lowest BCUT2D eigenvalue weighted by Gasteiger charge is -2.32. The maximum Gasteiger partial charge on any atom is 0.416 e. The number of nitrogens with one attached hydrogen (secondary N) is 1. The van der Waals surface area contributed by atoms with E-state index in [1.54, 1.807) is 6.92 Å². The highest BCUT2D eigenvalue weighted by atomic mass is 19.4. The van der Waals surface area contributed by atoms with Gasteiger partial charge in [-0.3, -0.25) is 4.79 Å². The zero-order valence-corrected chi connectivity index (χ0v) is 17.9. The highest BCUT2D eigenvalue weighted by molar-refractivity contribution is 5.93. The van der Waals surface area contributed by atoms with Gasteiger partial charge >= 0.3 is 12.4 Å². The van der Waals surface area contributed by atoms with E-state index in [9.17, 15) is 31.1 Å². The van der Waals surface area contributed by atoms with Crippen LogP contribution in [0.15, 0.2) is 24.3 Å². The molecule has 0 saturated carbocycles. The van der Waals surface area contributed by atoms with E-state index in [0.29, 0.717) is 17.2 Å². The number of carbonyl (C=O) groups is 1. The molecule has 186 valence electrons. The smallest absolute Gasteiger partial charge is 0.416 e. The van der Waals surface area contributed by atoms with Crippen molar-refractivity contribution in [3.63, 3.8) is 0 Å². The van der Waals surface area contributed by atoms with Crippen LogP contribution in [0.1, 0.15) is 40.9 Å². The van der Waals surface area contributed by atoms with Gasteiger partial charge in [-0.2, -0.15) is 31.4 Å². The summed E-state index contributed by atoms with van der Waals surface area (Å²) in [5.41, 5.74) is -0.406. The molecule has 13 heteroatoms. The van der Waals surface area contributed by atoms with E-state index >= 15 is 0 Å². The van der Waals surface area contributed by atoms with Gasteiger partial charge in [-0.15, -0.1) is 0 Å². The van der Waals surface area contributed by atoms with Crippen molar-refractivity contribution in [1.29, 1.82) is 0 Å². The van der Waals surface area contributed by atoms with Crippen LogP contribution in [0.5, 0.6) is 11.6 Å². The lowest BCUT2D eigenvalue weighted by Crippen LogP contribution is -2.45. The highest BCUT2D eigenvalue weighted by Crippen LogP contribution is 2.38. The molecule has 3 atom stereocenters. The molecule has 1 aromatic heterocycles. The number of hydrogen-bond acceptors (Lipinski definition) is 5. The summed E-state index contributed by atoms with van der Waals surface area (Å²) >= 11 is 0. The van der Waals surface area contributed by atoms with Crippen molar-refractivity contribution in [1.82, 2.24) is 15.1 Å². The Balaban J connectivity index is 1.33. The molecule has 0 fully saturated rings. The number of nitrogens with zero attached hydrogens (tertiary/aromatic N) is 2. The molecule has 7 nitrogen and oxygen atoms in total. The van der Waals surface area contributed by atoms with E-state index in [1.165, 1.54) is 16.8 Å².